The van der Waals surface area contributed by atoms with Crippen molar-refractivity contribution in [3.8, 4) is 0 Å². The number of thiocarbonyl (C=S) groups is 1. The first-order valence-electron chi connectivity index (χ1n) is 5.19. The smallest absolute Gasteiger partial charge is 0.136 e. The number of hydrogen-bond donors (Lipinski definition) is 0. The summed E-state index contributed by atoms with van der Waals surface area (Å²) >= 11 is 6.95. The molecule has 0 amide bonds. The fraction of sp³-hybridized carbons (Fsp3) is 0.800. The molecule has 0 saturated carbocycles. The molecule has 0 spiro atoms. The number of ketones is 1. The van der Waals surface area contributed by atoms with Crippen molar-refractivity contribution < 1.29 is 4.79 Å². The van der Waals surface area contributed by atoms with Crippen molar-refractivity contribution in [1.82, 2.24) is 9.80 Å². The minimum Gasteiger partial charge on any atom is -0.355 e. The van der Waals surface area contributed by atoms with Gasteiger partial charge in [0, 0.05) is 38.4 Å². The molecule has 1 rings (SSSR count). The van der Waals surface area contributed by atoms with E-state index in [1.807, 2.05) is 0 Å². The van der Waals surface area contributed by atoms with Crippen molar-refractivity contribution in [3.63, 3.8) is 0 Å². The summed E-state index contributed by atoms with van der Waals surface area (Å²) < 4.78 is 0.948. The van der Waals surface area contributed by atoms with Crippen molar-refractivity contribution in [2.45, 2.75) is 13.3 Å². The van der Waals surface area contributed by atoms with Crippen LogP contribution in [0.4, 0.5) is 0 Å². The second-order valence-corrected chi connectivity index (χ2v) is 5.59. The van der Waals surface area contributed by atoms with Gasteiger partial charge in [-0.25, -0.2) is 0 Å². The molecular formula is C10H19ClN2OS2. The van der Waals surface area contributed by atoms with E-state index in [4.69, 9.17) is 12.2 Å². The number of hydrogen-bond acceptors (Lipinski definition) is 4. The molecule has 0 aromatic heterocycles. The number of rotatable bonds is 3. The number of thioether (sulfide) groups is 1. The van der Waals surface area contributed by atoms with Crippen LogP contribution in [0.5, 0.6) is 0 Å². The Bertz CT molecular complexity index is 243. The van der Waals surface area contributed by atoms with Gasteiger partial charge in [0.05, 0.1) is 0 Å². The van der Waals surface area contributed by atoms with E-state index in [0.29, 0.717) is 6.42 Å². The van der Waals surface area contributed by atoms with Crippen LogP contribution in [0.3, 0.4) is 0 Å². The molecular weight excluding hydrogens is 264 g/mol. The first kappa shape index (κ1) is 16.2. The van der Waals surface area contributed by atoms with Crippen molar-refractivity contribution in [2.24, 2.45) is 0 Å². The Morgan fingerprint density at radius 3 is 2.38 bits per heavy atom. The predicted octanol–water partition coefficient (Wildman–Crippen LogP) is 1.65. The van der Waals surface area contributed by atoms with Crippen LogP contribution < -0.4 is 0 Å². The van der Waals surface area contributed by atoms with Crippen molar-refractivity contribution >= 4 is 46.5 Å². The quantitative estimate of drug-likeness (QED) is 0.733. The highest BCUT2D eigenvalue weighted by atomic mass is 35.5. The number of Topliss-reactive ketones (excluding diaryl/α,β-unsaturated/α-hetero) is 1. The van der Waals surface area contributed by atoms with Gasteiger partial charge in [0.1, 0.15) is 10.1 Å². The SMILES string of the molecule is CC(=O)CCSC(=S)N1CCN(C)CC1.Cl. The maximum atomic E-state index is 10.8. The summed E-state index contributed by atoms with van der Waals surface area (Å²) in [7, 11) is 2.13. The molecule has 1 aliphatic rings. The lowest BCUT2D eigenvalue weighted by atomic mass is 10.4. The van der Waals surface area contributed by atoms with Crippen molar-refractivity contribution in [1.29, 1.82) is 0 Å². The van der Waals surface area contributed by atoms with Crippen molar-refractivity contribution in [2.75, 3.05) is 39.0 Å². The Kier molecular flexibility index (Phi) is 8.36. The van der Waals surface area contributed by atoms with Gasteiger partial charge < -0.3 is 9.80 Å². The zero-order valence-corrected chi connectivity index (χ0v) is 12.2. The normalized spacial score (nSPS) is 16.8. The average molecular weight is 283 g/mol. The van der Waals surface area contributed by atoms with E-state index in [2.05, 4.69) is 16.8 Å². The van der Waals surface area contributed by atoms with Gasteiger partial charge in [-0.05, 0) is 14.0 Å². The molecule has 94 valence electrons. The highest BCUT2D eigenvalue weighted by molar-refractivity contribution is 8.22. The number of carbonyl (C=O) groups excluding carboxylic acids is 1. The standard InChI is InChI=1S/C10H18N2OS2.ClH/c1-9(13)3-8-15-10(14)12-6-4-11(2)5-7-12;/h3-8H2,1-2H3;1H. The number of piperazine rings is 1. The number of carbonyl (C=O) groups is 1. The van der Waals surface area contributed by atoms with Gasteiger partial charge in [0.2, 0.25) is 0 Å². The van der Waals surface area contributed by atoms with Crippen LogP contribution in [0.15, 0.2) is 0 Å². The largest absolute Gasteiger partial charge is 0.355 e. The first-order chi connectivity index (χ1) is 7.09. The van der Waals surface area contributed by atoms with E-state index >= 15 is 0 Å². The molecule has 0 N–H and O–H groups in total. The van der Waals surface area contributed by atoms with Crippen LogP contribution in [0.2, 0.25) is 0 Å². The van der Waals surface area contributed by atoms with E-state index < -0.39 is 0 Å². The fourth-order valence-corrected chi connectivity index (χ4v) is 2.72. The van der Waals surface area contributed by atoms with Gasteiger partial charge in [-0.1, -0.05) is 24.0 Å². The summed E-state index contributed by atoms with van der Waals surface area (Å²) in [6.07, 6.45) is 0.624. The molecule has 0 radical (unpaired) electrons. The van der Waals surface area contributed by atoms with Crippen LogP contribution in [-0.2, 0) is 4.79 Å². The second kappa shape index (κ2) is 8.28. The third kappa shape index (κ3) is 6.03. The monoisotopic (exact) mass is 282 g/mol. The zero-order valence-electron chi connectivity index (χ0n) is 9.77. The molecule has 1 fully saturated rings. The Balaban J connectivity index is 0.00000225. The number of halogens is 1. The first-order valence-corrected chi connectivity index (χ1v) is 6.58. The van der Waals surface area contributed by atoms with Crippen molar-refractivity contribution in [3.05, 3.63) is 0 Å². The summed E-state index contributed by atoms with van der Waals surface area (Å²) in [5.74, 6) is 1.06. The molecule has 1 heterocycles. The summed E-state index contributed by atoms with van der Waals surface area (Å²) in [6, 6.07) is 0. The van der Waals surface area contributed by atoms with Gasteiger partial charge in [0.15, 0.2) is 0 Å². The lowest BCUT2D eigenvalue weighted by Crippen LogP contribution is -2.45. The summed E-state index contributed by atoms with van der Waals surface area (Å²) in [5.41, 5.74) is 0. The Hall–Kier alpha value is 0.160. The molecule has 1 saturated heterocycles. The zero-order chi connectivity index (χ0) is 11.3. The third-order valence-electron chi connectivity index (χ3n) is 2.44. The lowest BCUT2D eigenvalue weighted by Gasteiger charge is -2.33. The predicted molar refractivity (Wildman–Crippen MR) is 76.7 cm³/mol. The Morgan fingerprint density at radius 1 is 1.31 bits per heavy atom. The van der Waals surface area contributed by atoms with Gasteiger partial charge in [-0.3, -0.25) is 4.79 Å². The number of likely N-dealkylation sites (N-methyl/N-ethyl adjacent to an activating group) is 1. The van der Waals surface area contributed by atoms with Crippen LogP contribution in [0, 0.1) is 0 Å². The van der Waals surface area contributed by atoms with Gasteiger partial charge >= 0.3 is 0 Å². The Labute approximate surface area is 113 Å². The third-order valence-corrected chi connectivity index (χ3v) is 3.97. The highest BCUT2D eigenvalue weighted by Gasteiger charge is 2.16. The summed E-state index contributed by atoms with van der Waals surface area (Å²) in [5, 5.41) is 0. The van der Waals surface area contributed by atoms with Crippen LogP contribution in [-0.4, -0.2) is 58.9 Å². The van der Waals surface area contributed by atoms with Gasteiger partial charge in [-0.15, -0.1) is 12.4 Å². The second-order valence-electron chi connectivity index (χ2n) is 3.86. The van der Waals surface area contributed by atoms with E-state index in [0.717, 1.165) is 36.3 Å². The molecule has 0 aromatic rings. The molecule has 0 unspecified atom stereocenters. The van der Waals surface area contributed by atoms with Crippen LogP contribution in [0.25, 0.3) is 0 Å². The molecule has 0 atom stereocenters. The molecule has 6 heteroatoms. The molecule has 0 bridgehead atoms. The highest BCUT2D eigenvalue weighted by Crippen LogP contribution is 2.13. The van der Waals surface area contributed by atoms with Gasteiger partial charge in [0.25, 0.3) is 0 Å². The minimum absolute atomic E-state index is 0. The molecule has 0 aliphatic carbocycles. The average Bonchev–Trinajstić information content (AvgIpc) is 2.18. The van der Waals surface area contributed by atoms with Gasteiger partial charge in [-0.2, -0.15) is 0 Å². The van der Waals surface area contributed by atoms with E-state index in [9.17, 15) is 4.79 Å². The minimum atomic E-state index is 0. The Morgan fingerprint density at radius 2 is 1.88 bits per heavy atom. The van der Waals surface area contributed by atoms with E-state index in [1.54, 1.807) is 18.7 Å². The van der Waals surface area contributed by atoms with Crippen LogP contribution >= 0.6 is 36.4 Å². The van der Waals surface area contributed by atoms with E-state index in [1.165, 1.54) is 0 Å². The topological polar surface area (TPSA) is 23.6 Å². The van der Waals surface area contributed by atoms with Crippen LogP contribution in [0.1, 0.15) is 13.3 Å². The molecule has 16 heavy (non-hydrogen) atoms. The molecule has 0 aromatic carbocycles. The maximum Gasteiger partial charge on any atom is 0.136 e. The molecule has 3 nitrogen and oxygen atoms in total. The fourth-order valence-electron chi connectivity index (χ4n) is 1.36. The summed E-state index contributed by atoms with van der Waals surface area (Å²) in [4.78, 5) is 15.3. The number of nitrogens with zero attached hydrogens (tertiary/aromatic N) is 2. The summed E-state index contributed by atoms with van der Waals surface area (Å²) in [6.45, 7) is 5.81. The maximum absolute atomic E-state index is 10.8. The lowest BCUT2D eigenvalue weighted by molar-refractivity contribution is -0.116. The molecule has 1 aliphatic heterocycles. The van der Waals surface area contributed by atoms with E-state index in [-0.39, 0.29) is 18.2 Å².